The van der Waals surface area contributed by atoms with Crippen LogP contribution in [0, 0.1) is 0 Å². The number of carbonyl (C=O) groups excluding carboxylic acids is 1. The van der Waals surface area contributed by atoms with Crippen molar-refractivity contribution in [3.63, 3.8) is 0 Å². The molecule has 0 aliphatic rings. The van der Waals surface area contributed by atoms with Crippen molar-refractivity contribution in [3.05, 3.63) is 0 Å². The Morgan fingerprint density at radius 1 is 0.773 bits per heavy atom. The van der Waals surface area contributed by atoms with E-state index >= 15 is 0 Å². The van der Waals surface area contributed by atoms with Crippen LogP contribution in [0.5, 0.6) is 0 Å². The van der Waals surface area contributed by atoms with Crippen molar-refractivity contribution in [2.75, 3.05) is 6.61 Å². The first-order valence-corrected chi connectivity index (χ1v) is 9.63. The molecule has 132 valence electrons. The molecule has 0 saturated heterocycles. The van der Waals surface area contributed by atoms with Crippen LogP contribution in [0.1, 0.15) is 104 Å². The Bertz CT molecular complexity index is 244. The van der Waals surface area contributed by atoms with Gasteiger partial charge in [-0.3, -0.25) is 4.79 Å². The Morgan fingerprint density at radius 2 is 1.23 bits per heavy atom. The third-order valence-corrected chi connectivity index (χ3v) is 4.20. The second kappa shape index (κ2) is 16.8. The molecule has 0 radical (unpaired) electrons. The van der Waals surface area contributed by atoms with Gasteiger partial charge in [0.1, 0.15) is 6.10 Å². The summed E-state index contributed by atoms with van der Waals surface area (Å²) in [6.45, 7) is 5.12. The Hall–Kier alpha value is -0.570. The zero-order valence-electron chi connectivity index (χ0n) is 15.1. The number of carbonyl (C=O) groups is 1. The first-order chi connectivity index (χ1) is 10.7. The normalized spacial score (nSPS) is 12.5. The summed E-state index contributed by atoms with van der Waals surface area (Å²) in [6.07, 6.45) is 16.8. The van der Waals surface area contributed by atoms with Crippen LogP contribution in [0.15, 0.2) is 0 Å². The Labute approximate surface area is 138 Å². The fraction of sp³-hybridized carbons (Fsp3) is 0.947. The zero-order chi connectivity index (χ0) is 16.5. The van der Waals surface area contributed by atoms with E-state index in [9.17, 15) is 4.79 Å². The highest BCUT2D eigenvalue weighted by Gasteiger charge is 2.14. The van der Waals surface area contributed by atoms with Crippen LogP contribution in [-0.2, 0) is 9.53 Å². The molecule has 3 heteroatoms. The average molecular weight is 314 g/mol. The molecule has 0 spiro atoms. The number of hydrogen-bond acceptors (Lipinski definition) is 2. The number of ether oxygens (including phenoxy) is 1. The van der Waals surface area contributed by atoms with Crippen LogP contribution in [0.3, 0.4) is 0 Å². The van der Waals surface area contributed by atoms with Crippen LogP contribution in [0.4, 0.5) is 0 Å². The second-order valence-electron chi connectivity index (χ2n) is 6.44. The molecule has 0 rings (SSSR count). The zero-order valence-corrected chi connectivity index (χ0v) is 15.1. The molecule has 0 aromatic carbocycles. The predicted molar refractivity (Wildman–Crippen MR) is 94.9 cm³/mol. The lowest BCUT2D eigenvalue weighted by Crippen LogP contribution is -2.31. The summed E-state index contributed by atoms with van der Waals surface area (Å²) in [5.74, 6) is -0.299. The molecule has 0 bridgehead atoms. The fourth-order valence-electron chi connectivity index (χ4n) is 2.70. The van der Waals surface area contributed by atoms with Crippen LogP contribution in [-0.4, -0.2) is 18.6 Å². The molecule has 0 aliphatic heterocycles. The van der Waals surface area contributed by atoms with Gasteiger partial charge < -0.3 is 10.5 Å². The number of primary amides is 1. The third-order valence-electron chi connectivity index (χ3n) is 4.20. The van der Waals surface area contributed by atoms with E-state index in [1.807, 2.05) is 0 Å². The van der Waals surface area contributed by atoms with Crippen molar-refractivity contribution >= 4 is 5.91 Å². The molecule has 0 heterocycles. The van der Waals surface area contributed by atoms with Gasteiger partial charge in [0.15, 0.2) is 0 Å². The summed E-state index contributed by atoms with van der Waals surface area (Å²) < 4.78 is 5.67. The minimum Gasteiger partial charge on any atom is -0.368 e. The minimum atomic E-state index is -0.370. The molecule has 2 N–H and O–H groups in total. The molecule has 1 unspecified atom stereocenters. The van der Waals surface area contributed by atoms with Crippen LogP contribution >= 0.6 is 0 Å². The number of amides is 1. The van der Waals surface area contributed by atoms with Gasteiger partial charge in [-0.25, -0.2) is 0 Å². The van der Waals surface area contributed by atoms with E-state index in [1.54, 1.807) is 0 Å². The maximum Gasteiger partial charge on any atom is 0.246 e. The van der Waals surface area contributed by atoms with Crippen molar-refractivity contribution in [2.24, 2.45) is 5.73 Å². The molecular weight excluding hydrogens is 274 g/mol. The predicted octanol–water partition coefficient (Wildman–Crippen LogP) is 5.36. The Morgan fingerprint density at radius 3 is 1.73 bits per heavy atom. The lowest BCUT2D eigenvalue weighted by Gasteiger charge is -2.14. The molecule has 0 aromatic heterocycles. The minimum absolute atomic E-state index is 0.299. The molecule has 0 aliphatic carbocycles. The largest absolute Gasteiger partial charge is 0.368 e. The monoisotopic (exact) mass is 313 g/mol. The van der Waals surface area contributed by atoms with E-state index in [2.05, 4.69) is 13.8 Å². The molecule has 0 fully saturated rings. The highest BCUT2D eigenvalue weighted by Crippen LogP contribution is 2.11. The van der Waals surface area contributed by atoms with E-state index in [-0.39, 0.29) is 12.0 Å². The van der Waals surface area contributed by atoms with E-state index in [0.717, 1.165) is 19.3 Å². The van der Waals surface area contributed by atoms with Gasteiger partial charge in [-0.05, 0) is 12.8 Å². The van der Waals surface area contributed by atoms with Gasteiger partial charge in [-0.15, -0.1) is 0 Å². The molecule has 1 amide bonds. The molecule has 3 nitrogen and oxygen atoms in total. The second-order valence-corrected chi connectivity index (χ2v) is 6.44. The molecular formula is C19H39NO2. The first kappa shape index (κ1) is 21.4. The van der Waals surface area contributed by atoms with Gasteiger partial charge in [0, 0.05) is 6.61 Å². The van der Waals surface area contributed by atoms with Crippen molar-refractivity contribution in [3.8, 4) is 0 Å². The van der Waals surface area contributed by atoms with Gasteiger partial charge in [-0.2, -0.15) is 0 Å². The lowest BCUT2D eigenvalue weighted by atomic mass is 10.1. The number of rotatable bonds is 17. The smallest absolute Gasteiger partial charge is 0.246 e. The Kier molecular flexibility index (Phi) is 16.4. The van der Waals surface area contributed by atoms with Crippen LogP contribution in [0.2, 0.25) is 0 Å². The standard InChI is InChI=1S/C19H39NO2/c1-3-5-7-9-10-11-12-13-15-17-22-18(19(20)21)16-14-8-6-4-2/h18H,3-17H2,1-2H3,(H2,20,21). The maximum absolute atomic E-state index is 11.4. The molecule has 22 heavy (non-hydrogen) atoms. The van der Waals surface area contributed by atoms with E-state index in [0.29, 0.717) is 6.61 Å². The summed E-state index contributed by atoms with van der Waals surface area (Å²) in [6, 6.07) is 0. The number of nitrogens with two attached hydrogens (primary N) is 1. The SMILES string of the molecule is CCCCCCCCCCCOC(CCCCCC)C(N)=O. The molecule has 0 saturated carbocycles. The van der Waals surface area contributed by atoms with Crippen LogP contribution in [0.25, 0.3) is 0 Å². The molecule has 1 atom stereocenters. The van der Waals surface area contributed by atoms with Gasteiger partial charge >= 0.3 is 0 Å². The van der Waals surface area contributed by atoms with Crippen molar-refractivity contribution < 1.29 is 9.53 Å². The van der Waals surface area contributed by atoms with Gasteiger partial charge in [-0.1, -0.05) is 90.9 Å². The quantitative estimate of drug-likeness (QED) is 0.368. The highest BCUT2D eigenvalue weighted by molar-refractivity contribution is 5.78. The summed E-state index contributed by atoms with van der Waals surface area (Å²) in [7, 11) is 0. The first-order valence-electron chi connectivity index (χ1n) is 9.63. The molecule has 0 aromatic rings. The van der Waals surface area contributed by atoms with Gasteiger partial charge in [0.25, 0.3) is 0 Å². The number of hydrogen-bond donors (Lipinski definition) is 1. The van der Waals surface area contributed by atoms with Gasteiger partial charge in [0.05, 0.1) is 0 Å². The van der Waals surface area contributed by atoms with Crippen molar-refractivity contribution in [1.29, 1.82) is 0 Å². The summed E-state index contributed by atoms with van der Waals surface area (Å²) in [4.78, 5) is 11.4. The van der Waals surface area contributed by atoms with Crippen LogP contribution < -0.4 is 5.73 Å². The number of unbranched alkanes of at least 4 members (excludes halogenated alkanes) is 11. The van der Waals surface area contributed by atoms with E-state index in [4.69, 9.17) is 10.5 Å². The van der Waals surface area contributed by atoms with Crippen molar-refractivity contribution in [1.82, 2.24) is 0 Å². The fourth-order valence-corrected chi connectivity index (χ4v) is 2.70. The van der Waals surface area contributed by atoms with Gasteiger partial charge in [0.2, 0.25) is 5.91 Å². The van der Waals surface area contributed by atoms with Crippen molar-refractivity contribution in [2.45, 2.75) is 110 Å². The average Bonchev–Trinajstić information content (AvgIpc) is 2.50. The van der Waals surface area contributed by atoms with E-state index < -0.39 is 0 Å². The third kappa shape index (κ3) is 14.4. The summed E-state index contributed by atoms with van der Waals surface area (Å²) in [5.41, 5.74) is 5.41. The maximum atomic E-state index is 11.4. The Balaban J connectivity index is 3.42. The summed E-state index contributed by atoms with van der Waals surface area (Å²) in [5, 5.41) is 0. The topological polar surface area (TPSA) is 52.3 Å². The lowest BCUT2D eigenvalue weighted by molar-refractivity contribution is -0.130. The summed E-state index contributed by atoms with van der Waals surface area (Å²) >= 11 is 0. The highest BCUT2D eigenvalue weighted by atomic mass is 16.5. The van der Waals surface area contributed by atoms with E-state index in [1.165, 1.54) is 70.6 Å².